The molecule has 0 saturated heterocycles. The second-order valence-corrected chi connectivity index (χ2v) is 16.5. The second-order valence-electron chi connectivity index (χ2n) is 16.5. The average Bonchev–Trinajstić information content (AvgIpc) is 3.77. The molecule has 0 bridgehead atoms. The summed E-state index contributed by atoms with van der Waals surface area (Å²) in [5.74, 6) is 0. The summed E-state index contributed by atoms with van der Waals surface area (Å²) in [4.78, 5) is 4.81. The van der Waals surface area contributed by atoms with Gasteiger partial charge in [0.1, 0.15) is 11.2 Å². The largest absolute Gasteiger partial charge is 0.455 e. The van der Waals surface area contributed by atoms with Crippen molar-refractivity contribution in [1.29, 1.82) is 0 Å². The molecule has 0 aliphatic rings. The molecular formula is C62H42N2O. The molecule has 0 saturated carbocycles. The van der Waals surface area contributed by atoms with Crippen molar-refractivity contribution < 1.29 is 4.42 Å². The van der Waals surface area contributed by atoms with Crippen molar-refractivity contribution in [2.45, 2.75) is 0 Å². The zero-order valence-electron chi connectivity index (χ0n) is 35.6. The molecule has 12 rings (SSSR count). The lowest BCUT2D eigenvalue weighted by molar-refractivity contribution is 0.670. The van der Waals surface area contributed by atoms with Crippen LogP contribution < -0.4 is 9.80 Å². The first-order valence-electron chi connectivity index (χ1n) is 22.2. The Balaban J connectivity index is 1.15. The highest BCUT2D eigenvalue weighted by atomic mass is 16.3. The minimum absolute atomic E-state index is 0.887. The van der Waals surface area contributed by atoms with E-state index in [0.717, 1.165) is 88.7 Å². The van der Waals surface area contributed by atoms with E-state index in [1.165, 1.54) is 22.3 Å². The lowest BCUT2D eigenvalue weighted by Crippen LogP contribution is -2.14. The average molecular weight is 831 g/mol. The summed E-state index contributed by atoms with van der Waals surface area (Å²) in [6.07, 6.45) is 0. The van der Waals surface area contributed by atoms with Gasteiger partial charge in [-0.3, -0.25) is 0 Å². The van der Waals surface area contributed by atoms with Crippen molar-refractivity contribution in [3.8, 4) is 33.4 Å². The zero-order valence-corrected chi connectivity index (χ0v) is 35.6. The first-order valence-corrected chi connectivity index (χ1v) is 22.2. The molecule has 3 nitrogen and oxygen atoms in total. The number of fused-ring (bicyclic) bond motifs is 6. The smallest absolute Gasteiger partial charge is 0.143 e. The molecule has 1 heterocycles. The van der Waals surface area contributed by atoms with Crippen LogP contribution in [0.5, 0.6) is 0 Å². The molecule has 0 aliphatic carbocycles. The van der Waals surface area contributed by atoms with Crippen molar-refractivity contribution >= 4 is 77.6 Å². The number of anilines is 6. The van der Waals surface area contributed by atoms with E-state index in [1.54, 1.807) is 0 Å². The van der Waals surface area contributed by atoms with Crippen molar-refractivity contribution in [1.82, 2.24) is 0 Å². The first kappa shape index (κ1) is 38.0. The maximum Gasteiger partial charge on any atom is 0.143 e. The third-order valence-electron chi connectivity index (χ3n) is 12.6. The summed E-state index contributed by atoms with van der Waals surface area (Å²) in [5, 5.41) is 6.82. The second kappa shape index (κ2) is 16.2. The highest BCUT2D eigenvalue weighted by molar-refractivity contribution is 6.22. The van der Waals surface area contributed by atoms with Crippen molar-refractivity contribution in [2.75, 3.05) is 9.80 Å². The highest BCUT2D eigenvalue weighted by Gasteiger charge is 2.24. The maximum absolute atomic E-state index is 6.72. The van der Waals surface area contributed by atoms with Gasteiger partial charge in [0, 0.05) is 50.2 Å². The fourth-order valence-corrected chi connectivity index (χ4v) is 9.59. The van der Waals surface area contributed by atoms with Gasteiger partial charge in [0.25, 0.3) is 0 Å². The zero-order chi connectivity index (χ0) is 43.1. The molecule has 0 unspecified atom stereocenters. The molecule has 0 fully saturated rings. The minimum atomic E-state index is 0.887. The van der Waals surface area contributed by atoms with Crippen LogP contribution in [0.1, 0.15) is 0 Å². The Labute approximate surface area is 378 Å². The topological polar surface area (TPSA) is 19.6 Å². The van der Waals surface area contributed by atoms with Gasteiger partial charge < -0.3 is 14.2 Å². The summed E-state index contributed by atoms with van der Waals surface area (Å²) < 4.78 is 6.72. The van der Waals surface area contributed by atoms with E-state index in [0.29, 0.717) is 0 Å². The highest BCUT2D eigenvalue weighted by Crippen LogP contribution is 2.49. The van der Waals surface area contributed by atoms with E-state index in [1.807, 2.05) is 6.07 Å². The number of hydrogen-bond donors (Lipinski definition) is 0. The summed E-state index contributed by atoms with van der Waals surface area (Å²) in [7, 11) is 0. The van der Waals surface area contributed by atoms with Crippen LogP contribution in [0.3, 0.4) is 0 Å². The molecule has 0 spiro atoms. The third-order valence-corrected chi connectivity index (χ3v) is 12.6. The molecule has 12 aromatic rings. The van der Waals surface area contributed by atoms with Crippen LogP contribution in [-0.4, -0.2) is 0 Å². The number of rotatable bonds is 9. The number of furan rings is 1. The van der Waals surface area contributed by atoms with Crippen LogP contribution in [0, 0.1) is 0 Å². The molecule has 0 aliphatic heterocycles. The molecular weight excluding hydrogens is 789 g/mol. The maximum atomic E-state index is 6.72. The van der Waals surface area contributed by atoms with Gasteiger partial charge >= 0.3 is 0 Å². The summed E-state index contributed by atoms with van der Waals surface area (Å²) in [6, 6.07) is 91.4. The molecule has 0 atom stereocenters. The lowest BCUT2D eigenvalue weighted by Gasteiger charge is -2.31. The van der Waals surface area contributed by atoms with Gasteiger partial charge in [-0.2, -0.15) is 0 Å². The molecule has 0 radical (unpaired) electrons. The van der Waals surface area contributed by atoms with Gasteiger partial charge in [0.05, 0.1) is 5.69 Å². The Kier molecular flexibility index (Phi) is 9.50. The van der Waals surface area contributed by atoms with Crippen LogP contribution in [0.15, 0.2) is 259 Å². The van der Waals surface area contributed by atoms with E-state index in [2.05, 4.69) is 259 Å². The quantitative estimate of drug-likeness (QED) is 0.135. The van der Waals surface area contributed by atoms with E-state index in [-0.39, 0.29) is 0 Å². The number of benzene rings is 11. The van der Waals surface area contributed by atoms with Crippen molar-refractivity contribution in [3.05, 3.63) is 255 Å². The minimum Gasteiger partial charge on any atom is -0.455 e. The van der Waals surface area contributed by atoms with Crippen LogP contribution in [-0.2, 0) is 0 Å². The SMILES string of the molecule is c1ccc(-c2ccc(N(c3ccccc3)c3cc(N(c4ccccc4)c4ccc(-c5ccccc5)cc4)c4c(c3)cc(-c3cccc5c3oc3ccccc35)c3ccccc34)cc2)cc1. The molecule has 0 amide bonds. The molecule has 3 heteroatoms. The summed E-state index contributed by atoms with van der Waals surface area (Å²) in [6.45, 7) is 0. The summed E-state index contributed by atoms with van der Waals surface area (Å²) in [5.41, 5.74) is 15.1. The molecule has 11 aromatic carbocycles. The predicted octanol–water partition coefficient (Wildman–Crippen LogP) is 17.8. The van der Waals surface area contributed by atoms with E-state index < -0.39 is 0 Å². The monoisotopic (exact) mass is 830 g/mol. The Morgan fingerprint density at radius 3 is 1.35 bits per heavy atom. The van der Waals surface area contributed by atoms with Crippen molar-refractivity contribution in [2.24, 2.45) is 0 Å². The van der Waals surface area contributed by atoms with Crippen LogP contribution >= 0.6 is 0 Å². The van der Waals surface area contributed by atoms with E-state index >= 15 is 0 Å². The fraction of sp³-hybridized carbons (Fsp3) is 0. The number of para-hydroxylation sites is 4. The molecule has 65 heavy (non-hydrogen) atoms. The van der Waals surface area contributed by atoms with Gasteiger partial charge in [-0.25, -0.2) is 0 Å². The molecule has 306 valence electrons. The number of nitrogens with zero attached hydrogens (tertiary/aromatic N) is 2. The normalized spacial score (nSPS) is 11.4. The van der Waals surface area contributed by atoms with Crippen LogP contribution in [0.2, 0.25) is 0 Å². The molecule has 1 aromatic heterocycles. The van der Waals surface area contributed by atoms with E-state index in [4.69, 9.17) is 4.42 Å². The third kappa shape index (κ3) is 6.87. The van der Waals surface area contributed by atoms with Crippen LogP contribution in [0.4, 0.5) is 34.1 Å². The fourth-order valence-electron chi connectivity index (χ4n) is 9.59. The van der Waals surface area contributed by atoms with Gasteiger partial charge in [0.15, 0.2) is 0 Å². The van der Waals surface area contributed by atoms with Gasteiger partial charge in [0.2, 0.25) is 0 Å². The van der Waals surface area contributed by atoms with E-state index in [9.17, 15) is 0 Å². The standard InChI is InChI=1S/C62H42N2O/c1-5-18-43(19-6-1)45-32-36-50(37-33-45)63(48-22-9-3-10-23-48)52-40-47-41-58(57-30-17-29-56-54-27-15-16-31-60(54)65-62(56)57)53-26-13-14-28-55(53)61(47)59(42-52)64(49-24-11-4-12-25-49)51-38-34-46(35-39-51)44-20-7-2-8-21-44/h1-42H. The van der Waals surface area contributed by atoms with Gasteiger partial charge in [-0.15, -0.1) is 0 Å². The Hall–Kier alpha value is -8.66. The Morgan fingerprint density at radius 2 is 0.738 bits per heavy atom. The Bertz CT molecular complexity index is 3620. The van der Waals surface area contributed by atoms with Gasteiger partial charge in [-0.1, -0.05) is 182 Å². The van der Waals surface area contributed by atoms with Crippen LogP contribution in [0.25, 0.3) is 76.9 Å². The first-order chi connectivity index (χ1) is 32.2. The lowest BCUT2D eigenvalue weighted by atomic mass is 9.90. The van der Waals surface area contributed by atoms with Gasteiger partial charge in [-0.05, 0) is 117 Å². The number of hydrogen-bond acceptors (Lipinski definition) is 3. The Morgan fingerprint density at radius 1 is 0.277 bits per heavy atom. The summed E-state index contributed by atoms with van der Waals surface area (Å²) >= 11 is 0. The molecule has 0 N–H and O–H groups in total. The van der Waals surface area contributed by atoms with Crippen molar-refractivity contribution in [3.63, 3.8) is 0 Å². The predicted molar refractivity (Wildman–Crippen MR) is 274 cm³/mol.